The largest absolute Gasteiger partial charge is 0.491 e. The Bertz CT molecular complexity index is 968. The summed E-state index contributed by atoms with van der Waals surface area (Å²) in [5.41, 5.74) is 1.51. The standard InChI is InChI=1S/C23H30N2O5S/c1-18(2)30-21-10-8-19(9-11-21)5-4-12-24-23(26)20-6-3-7-22(17-20)31(27,28)25-13-15-29-16-14-25/h3,6-11,17-18H,4-5,12-16H2,1-2H3,(H,24,26). The molecule has 31 heavy (non-hydrogen) atoms. The highest BCUT2D eigenvalue weighted by atomic mass is 32.2. The van der Waals surface area contributed by atoms with Crippen LogP contribution < -0.4 is 10.1 Å². The lowest BCUT2D eigenvalue weighted by Crippen LogP contribution is -2.40. The van der Waals surface area contributed by atoms with Crippen molar-refractivity contribution in [2.75, 3.05) is 32.8 Å². The third kappa shape index (κ3) is 6.53. The van der Waals surface area contributed by atoms with E-state index in [4.69, 9.17) is 9.47 Å². The molecule has 0 radical (unpaired) electrons. The van der Waals surface area contributed by atoms with Crippen LogP contribution in [-0.4, -0.2) is 57.6 Å². The van der Waals surface area contributed by atoms with Gasteiger partial charge in [0.25, 0.3) is 5.91 Å². The summed E-state index contributed by atoms with van der Waals surface area (Å²) < 4.78 is 37.8. The number of nitrogens with one attached hydrogen (secondary N) is 1. The predicted molar refractivity (Wildman–Crippen MR) is 119 cm³/mol. The molecular weight excluding hydrogens is 416 g/mol. The normalized spacial score (nSPS) is 15.1. The van der Waals surface area contributed by atoms with E-state index in [1.165, 1.54) is 22.0 Å². The number of hydrogen-bond donors (Lipinski definition) is 1. The van der Waals surface area contributed by atoms with Crippen molar-refractivity contribution in [2.24, 2.45) is 0 Å². The minimum absolute atomic E-state index is 0.130. The van der Waals surface area contributed by atoms with E-state index in [9.17, 15) is 13.2 Å². The van der Waals surface area contributed by atoms with Gasteiger partial charge in [-0.05, 0) is 62.6 Å². The van der Waals surface area contributed by atoms with Crippen molar-refractivity contribution >= 4 is 15.9 Å². The Morgan fingerprint density at radius 2 is 1.84 bits per heavy atom. The van der Waals surface area contributed by atoms with Crippen LogP contribution in [0.1, 0.15) is 36.2 Å². The maximum Gasteiger partial charge on any atom is 0.251 e. The van der Waals surface area contributed by atoms with E-state index in [2.05, 4.69) is 5.32 Å². The van der Waals surface area contributed by atoms with E-state index in [1.807, 2.05) is 38.1 Å². The van der Waals surface area contributed by atoms with Crippen molar-refractivity contribution in [3.05, 3.63) is 59.7 Å². The molecule has 3 rings (SSSR count). The number of sulfonamides is 1. The Morgan fingerprint density at radius 1 is 1.13 bits per heavy atom. The molecular formula is C23H30N2O5S. The van der Waals surface area contributed by atoms with Crippen molar-refractivity contribution in [1.82, 2.24) is 9.62 Å². The molecule has 1 aliphatic rings. The number of rotatable bonds is 9. The average molecular weight is 447 g/mol. The van der Waals surface area contributed by atoms with Gasteiger partial charge in [-0.3, -0.25) is 4.79 Å². The van der Waals surface area contributed by atoms with Gasteiger partial charge in [0.05, 0.1) is 24.2 Å². The molecule has 1 heterocycles. The molecule has 0 bridgehead atoms. The molecule has 1 fully saturated rings. The van der Waals surface area contributed by atoms with Crippen LogP contribution >= 0.6 is 0 Å². The number of benzene rings is 2. The molecule has 0 saturated carbocycles. The summed E-state index contributed by atoms with van der Waals surface area (Å²) in [6.07, 6.45) is 1.75. The van der Waals surface area contributed by atoms with Gasteiger partial charge in [0.15, 0.2) is 0 Å². The van der Waals surface area contributed by atoms with Crippen molar-refractivity contribution in [3.8, 4) is 5.75 Å². The summed E-state index contributed by atoms with van der Waals surface area (Å²) in [6, 6.07) is 14.1. The molecule has 7 nitrogen and oxygen atoms in total. The van der Waals surface area contributed by atoms with E-state index in [1.54, 1.807) is 12.1 Å². The monoisotopic (exact) mass is 446 g/mol. The van der Waals surface area contributed by atoms with Crippen LogP contribution in [0.5, 0.6) is 5.75 Å². The van der Waals surface area contributed by atoms with Crippen LogP contribution in [0.3, 0.4) is 0 Å². The summed E-state index contributed by atoms with van der Waals surface area (Å²) in [5.74, 6) is 0.568. The van der Waals surface area contributed by atoms with Gasteiger partial charge in [0, 0.05) is 25.2 Å². The first kappa shape index (κ1) is 23.2. The number of nitrogens with zero attached hydrogens (tertiary/aromatic N) is 1. The molecule has 0 spiro atoms. The maximum absolute atomic E-state index is 12.8. The van der Waals surface area contributed by atoms with Crippen molar-refractivity contribution in [2.45, 2.75) is 37.7 Å². The van der Waals surface area contributed by atoms with Crippen LogP contribution in [0, 0.1) is 0 Å². The second kappa shape index (κ2) is 10.7. The van der Waals surface area contributed by atoms with Gasteiger partial charge in [-0.2, -0.15) is 4.31 Å². The van der Waals surface area contributed by atoms with Crippen LogP contribution in [0.2, 0.25) is 0 Å². The number of carbonyl (C=O) groups excluding carboxylic acids is 1. The number of carbonyl (C=O) groups is 1. The summed E-state index contributed by atoms with van der Waals surface area (Å²) in [7, 11) is -3.63. The lowest BCUT2D eigenvalue weighted by atomic mass is 10.1. The molecule has 0 atom stereocenters. The lowest BCUT2D eigenvalue weighted by Gasteiger charge is -2.26. The van der Waals surface area contributed by atoms with E-state index in [0.29, 0.717) is 38.4 Å². The molecule has 1 aliphatic heterocycles. The number of ether oxygens (including phenoxy) is 2. The molecule has 0 aromatic heterocycles. The summed E-state index contributed by atoms with van der Waals surface area (Å²) in [5, 5.41) is 2.87. The third-order valence-electron chi connectivity index (χ3n) is 4.93. The number of amides is 1. The smallest absolute Gasteiger partial charge is 0.251 e. The molecule has 0 unspecified atom stereocenters. The van der Waals surface area contributed by atoms with E-state index >= 15 is 0 Å². The van der Waals surface area contributed by atoms with Crippen LogP contribution in [0.4, 0.5) is 0 Å². The fourth-order valence-electron chi connectivity index (χ4n) is 3.34. The Balaban J connectivity index is 1.51. The zero-order valence-electron chi connectivity index (χ0n) is 18.0. The highest BCUT2D eigenvalue weighted by Crippen LogP contribution is 2.18. The first-order valence-corrected chi connectivity index (χ1v) is 12.0. The van der Waals surface area contributed by atoms with Crippen molar-refractivity contribution in [3.63, 3.8) is 0 Å². The molecule has 2 aromatic carbocycles. The Labute approximate surface area is 184 Å². The predicted octanol–water partition coefficient (Wildman–Crippen LogP) is 2.86. The van der Waals surface area contributed by atoms with Gasteiger partial charge in [-0.1, -0.05) is 18.2 Å². The van der Waals surface area contributed by atoms with Crippen LogP contribution in [-0.2, 0) is 21.2 Å². The quantitative estimate of drug-likeness (QED) is 0.599. The van der Waals surface area contributed by atoms with Gasteiger partial charge >= 0.3 is 0 Å². The van der Waals surface area contributed by atoms with Gasteiger partial charge in [-0.25, -0.2) is 8.42 Å². The van der Waals surface area contributed by atoms with Gasteiger partial charge in [-0.15, -0.1) is 0 Å². The van der Waals surface area contributed by atoms with Crippen LogP contribution in [0.15, 0.2) is 53.4 Å². The molecule has 1 saturated heterocycles. The Kier molecular flexibility index (Phi) is 8.06. The van der Waals surface area contributed by atoms with E-state index in [-0.39, 0.29) is 16.9 Å². The number of hydrogen-bond acceptors (Lipinski definition) is 5. The molecule has 2 aromatic rings. The Hall–Kier alpha value is -2.42. The highest BCUT2D eigenvalue weighted by Gasteiger charge is 2.26. The van der Waals surface area contributed by atoms with Gasteiger partial charge in [0.2, 0.25) is 10.0 Å². The minimum atomic E-state index is -3.63. The molecule has 8 heteroatoms. The fraction of sp³-hybridized carbons (Fsp3) is 0.435. The van der Waals surface area contributed by atoms with Gasteiger partial charge in [0.1, 0.15) is 5.75 Å². The molecule has 0 aliphatic carbocycles. The van der Waals surface area contributed by atoms with Crippen LogP contribution in [0.25, 0.3) is 0 Å². The Morgan fingerprint density at radius 3 is 2.52 bits per heavy atom. The molecule has 1 N–H and O–H groups in total. The second-order valence-electron chi connectivity index (χ2n) is 7.71. The number of aryl methyl sites for hydroxylation is 1. The third-order valence-corrected chi connectivity index (χ3v) is 6.82. The molecule has 1 amide bonds. The maximum atomic E-state index is 12.8. The molecule has 168 valence electrons. The zero-order valence-corrected chi connectivity index (χ0v) is 18.9. The summed E-state index contributed by atoms with van der Waals surface area (Å²) >= 11 is 0. The van der Waals surface area contributed by atoms with E-state index < -0.39 is 10.0 Å². The van der Waals surface area contributed by atoms with Gasteiger partial charge < -0.3 is 14.8 Å². The van der Waals surface area contributed by atoms with Crippen molar-refractivity contribution in [1.29, 1.82) is 0 Å². The topological polar surface area (TPSA) is 84.9 Å². The van der Waals surface area contributed by atoms with E-state index in [0.717, 1.165) is 18.6 Å². The summed E-state index contributed by atoms with van der Waals surface area (Å²) in [6.45, 7) is 5.89. The highest BCUT2D eigenvalue weighted by molar-refractivity contribution is 7.89. The minimum Gasteiger partial charge on any atom is -0.491 e. The fourth-order valence-corrected chi connectivity index (χ4v) is 4.79. The zero-order chi connectivity index (χ0) is 22.3. The SMILES string of the molecule is CC(C)Oc1ccc(CCCNC(=O)c2cccc(S(=O)(=O)N3CCOCC3)c2)cc1. The summed E-state index contributed by atoms with van der Waals surface area (Å²) in [4.78, 5) is 12.6. The first-order valence-electron chi connectivity index (χ1n) is 10.6. The second-order valence-corrected chi connectivity index (χ2v) is 9.65. The average Bonchev–Trinajstić information content (AvgIpc) is 2.78. The van der Waals surface area contributed by atoms with Crippen molar-refractivity contribution < 1.29 is 22.7 Å². The number of morpholine rings is 1. The lowest BCUT2D eigenvalue weighted by molar-refractivity contribution is 0.0730. The first-order chi connectivity index (χ1) is 14.9.